The fourth-order valence-corrected chi connectivity index (χ4v) is 4.28. The van der Waals surface area contributed by atoms with Gasteiger partial charge >= 0.3 is 0 Å². The summed E-state index contributed by atoms with van der Waals surface area (Å²) in [6.45, 7) is 0. The number of rotatable bonds is 5. The van der Waals surface area contributed by atoms with Crippen LogP contribution >= 0.6 is 23.4 Å². The molecule has 0 aliphatic heterocycles. The van der Waals surface area contributed by atoms with Crippen LogP contribution in [0.1, 0.15) is 28.8 Å². The molecule has 2 aromatic carbocycles. The van der Waals surface area contributed by atoms with Crippen molar-refractivity contribution in [1.82, 2.24) is 5.43 Å². The van der Waals surface area contributed by atoms with Crippen molar-refractivity contribution in [3.05, 3.63) is 76.8 Å². The summed E-state index contributed by atoms with van der Waals surface area (Å²) in [5.74, 6) is 1.85. The topological polar surface area (TPSA) is 41.5 Å². The average molecular weight is 383 g/mol. The summed E-state index contributed by atoms with van der Waals surface area (Å²) in [6, 6.07) is 15.5. The number of hydrogen-bond donors (Lipinski definition) is 1. The lowest BCUT2D eigenvalue weighted by Gasteiger charge is -2.31. The Hall–Kier alpha value is -2.04. The predicted octanol–water partition coefficient (Wildman–Crippen LogP) is 5.31. The van der Waals surface area contributed by atoms with Crippen LogP contribution in [-0.2, 0) is 5.75 Å². The van der Waals surface area contributed by atoms with Gasteiger partial charge in [0.05, 0.1) is 0 Å². The van der Waals surface area contributed by atoms with Crippen molar-refractivity contribution in [3.8, 4) is 0 Å². The Morgan fingerprint density at radius 3 is 2.65 bits per heavy atom. The monoisotopic (exact) mass is 382 g/mol. The molecule has 3 nitrogen and oxygen atoms in total. The van der Waals surface area contributed by atoms with Crippen molar-refractivity contribution in [2.24, 2.45) is 16.9 Å². The highest BCUT2D eigenvalue weighted by Gasteiger charge is 2.37. The molecule has 0 unspecified atom stereocenters. The minimum atomic E-state index is -0.153. The van der Waals surface area contributed by atoms with Crippen LogP contribution in [0.4, 0.5) is 0 Å². The van der Waals surface area contributed by atoms with Gasteiger partial charge in [-0.3, -0.25) is 4.79 Å². The summed E-state index contributed by atoms with van der Waals surface area (Å²) >= 11 is 7.64. The molecule has 0 radical (unpaired) electrons. The number of hydrazone groups is 1. The molecule has 0 saturated heterocycles. The summed E-state index contributed by atoms with van der Waals surface area (Å²) < 4.78 is 0. The lowest BCUT2D eigenvalue weighted by molar-refractivity contribution is 0.0954. The van der Waals surface area contributed by atoms with Crippen LogP contribution in [0.2, 0.25) is 5.02 Å². The molecular formula is C21H19ClN2OS. The first-order valence-electron chi connectivity index (χ1n) is 8.70. The Balaban J connectivity index is 1.30. The number of amides is 1. The van der Waals surface area contributed by atoms with Gasteiger partial charge in [0.15, 0.2) is 0 Å². The van der Waals surface area contributed by atoms with E-state index in [0.717, 1.165) is 29.3 Å². The molecule has 0 bridgehead atoms. The van der Waals surface area contributed by atoms with Crippen LogP contribution in [0.5, 0.6) is 0 Å². The zero-order chi connectivity index (χ0) is 17.9. The second-order valence-corrected chi connectivity index (χ2v) is 8.12. The first kappa shape index (κ1) is 17.4. The van der Waals surface area contributed by atoms with E-state index in [1.165, 1.54) is 10.5 Å². The number of carbonyl (C=O) groups is 1. The highest BCUT2D eigenvalue weighted by Crippen LogP contribution is 2.40. The minimum Gasteiger partial charge on any atom is -0.267 e. The van der Waals surface area contributed by atoms with Gasteiger partial charge in [-0.05, 0) is 60.7 Å². The van der Waals surface area contributed by atoms with Gasteiger partial charge in [-0.2, -0.15) is 5.10 Å². The molecule has 1 saturated carbocycles. The summed E-state index contributed by atoms with van der Waals surface area (Å²) in [4.78, 5) is 13.4. The van der Waals surface area contributed by atoms with Crippen molar-refractivity contribution < 1.29 is 4.79 Å². The van der Waals surface area contributed by atoms with E-state index in [2.05, 4.69) is 22.7 Å². The molecule has 0 heterocycles. The summed E-state index contributed by atoms with van der Waals surface area (Å²) in [5, 5.41) is 5.05. The molecule has 1 amide bonds. The summed E-state index contributed by atoms with van der Waals surface area (Å²) in [7, 11) is 0. The standard InChI is InChI=1S/C21H19ClN2OS/c22-17-8-10-18(11-9-17)26-13-14-4-6-15(7-5-14)21(25)24-23-20-12-16-2-1-3-19(16)20/h1,3-11,16,19H,2,12-13H2,(H,24,25)/b23-20-/t16-,19+/m0/s1. The fourth-order valence-electron chi connectivity index (χ4n) is 3.30. The summed E-state index contributed by atoms with van der Waals surface area (Å²) in [5.41, 5.74) is 5.59. The Labute approximate surface area is 162 Å². The number of thioether (sulfide) groups is 1. The van der Waals surface area contributed by atoms with Crippen LogP contribution in [0.15, 0.2) is 70.7 Å². The molecule has 5 heteroatoms. The second kappa shape index (κ2) is 7.68. The number of fused-ring (bicyclic) bond motifs is 1. The largest absolute Gasteiger partial charge is 0.271 e. The third-order valence-electron chi connectivity index (χ3n) is 4.88. The van der Waals surface area contributed by atoms with Gasteiger partial charge in [-0.1, -0.05) is 35.9 Å². The molecule has 132 valence electrons. The van der Waals surface area contributed by atoms with Crippen molar-refractivity contribution in [2.75, 3.05) is 0 Å². The van der Waals surface area contributed by atoms with Gasteiger partial charge in [0, 0.05) is 32.9 Å². The van der Waals surface area contributed by atoms with Gasteiger partial charge in [-0.25, -0.2) is 5.43 Å². The van der Waals surface area contributed by atoms with Crippen molar-refractivity contribution in [1.29, 1.82) is 0 Å². The number of carbonyl (C=O) groups excluding carboxylic acids is 1. The van der Waals surface area contributed by atoms with Crippen LogP contribution in [0.3, 0.4) is 0 Å². The first-order valence-corrected chi connectivity index (χ1v) is 10.1. The van der Waals surface area contributed by atoms with E-state index in [1.807, 2.05) is 48.5 Å². The lowest BCUT2D eigenvalue weighted by atomic mass is 9.74. The Morgan fingerprint density at radius 2 is 1.92 bits per heavy atom. The van der Waals surface area contributed by atoms with Crippen LogP contribution < -0.4 is 5.43 Å². The fraction of sp³-hybridized carbons (Fsp3) is 0.238. The maximum atomic E-state index is 12.2. The number of nitrogens with one attached hydrogen (secondary N) is 1. The minimum absolute atomic E-state index is 0.153. The molecular weight excluding hydrogens is 364 g/mol. The lowest BCUT2D eigenvalue weighted by Crippen LogP contribution is -2.35. The van der Waals surface area contributed by atoms with E-state index >= 15 is 0 Å². The molecule has 2 atom stereocenters. The van der Waals surface area contributed by atoms with Crippen molar-refractivity contribution in [3.63, 3.8) is 0 Å². The molecule has 0 spiro atoms. The Morgan fingerprint density at radius 1 is 1.15 bits per heavy atom. The van der Waals surface area contributed by atoms with Crippen molar-refractivity contribution >= 4 is 35.0 Å². The SMILES string of the molecule is O=C(N/N=C1/C[C@@H]2CC=C[C@@H]12)c1ccc(CSc2ccc(Cl)cc2)cc1. The van der Waals surface area contributed by atoms with E-state index < -0.39 is 0 Å². The van der Waals surface area contributed by atoms with E-state index in [4.69, 9.17) is 11.6 Å². The highest BCUT2D eigenvalue weighted by molar-refractivity contribution is 7.98. The van der Waals surface area contributed by atoms with E-state index in [1.54, 1.807) is 11.8 Å². The van der Waals surface area contributed by atoms with Crippen LogP contribution in [-0.4, -0.2) is 11.6 Å². The molecule has 1 fully saturated rings. The van der Waals surface area contributed by atoms with Gasteiger partial charge in [0.1, 0.15) is 0 Å². The molecule has 0 aromatic heterocycles. The zero-order valence-electron chi connectivity index (χ0n) is 14.2. The van der Waals surface area contributed by atoms with Gasteiger partial charge < -0.3 is 0 Å². The molecule has 2 aliphatic rings. The van der Waals surface area contributed by atoms with Crippen LogP contribution in [0.25, 0.3) is 0 Å². The molecule has 4 rings (SSSR count). The maximum Gasteiger partial charge on any atom is 0.271 e. The Kier molecular flexibility index (Phi) is 5.14. The first-order chi connectivity index (χ1) is 12.7. The predicted molar refractivity (Wildman–Crippen MR) is 108 cm³/mol. The Bertz CT molecular complexity index is 859. The number of benzene rings is 2. The zero-order valence-corrected chi connectivity index (χ0v) is 15.8. The third-order valence-corrected chi connectivity index (χ3v) is 6.22. The number of hydrogen-bond acceptors (Lipinski definition) is 3. The molecule has 2 aromatic rings. The molecule has 26 heavy (non-hydrogen) atoms. The van der Waals surface area contributed by atoms with Crippen LogP contribution in [0, 0.1) is 11.8 Å². The number of halogens is 1. The van der Waals surface area contributed by atoms with Gasteiger partial charge in [-0.15, -0.1) is 11.8 Å². The summed E-state index contributed by atoms with van der Waals surface area (Å²) in [6.07, 6.45) is 6.55. The molecule has 2 aliphatic carbocycles. The van der Waals surface area contributed by atoms with Gasteiger partial charge in [0.25, 0.3) is 5.91 Å². The van der Waals surface area contributed by atoms with Gasteiger partial charge in [0.2, 0.25) is 0 Å². The quantitative estimate of drug-likeness (QED) is 0.432. The molecule has 1 N–H and O–H groups in total. The number of nitrogens with zero attached hydrogens (tertiary/aromatic N) is 1. The van der Waals surface area contributed by atoms with E-state index in [0.29, 0.717) is 17.4 Å². The normalized spacial score (nSPS) is 22.1. The maximum absolute atomic E-state index is 12.2. The van der Waals surface area contributed by atoms with E-state index in [9.17, 15) is 4.79 Å². The average Bonchev–Trinajstić information content (AvgIpc) is 3.02. The third kappa shape index (κ3) is 3.87. The second-order valence-electron chi connectivity index (χ2n) is 6.64. The highest BCUT2D eigenvalue weighted by atomic mass is 35.5. The van der Waals surface area contributed by atoms with E-state index in [-0.39, 0.29) is 5.91 Å². The van der Waals surface area contributed by atoms with Crippen molar-refractivity contribution in [2.45, 2.75) is 23.5 Å². The smallest absolute Gasteiger partial charge is 0.267 e. The number of allylic oxidation sites excluding steroid dienone is 2.